The largest absolute Gasteiger partial charge is 0.330 e. The quantitative estimate of drug-likeness (QED) is 0.617. The van der Waals surface area contributed by atoms with E-state index in [-0.39, 0.29) is 0 Å². The Balaban J connectivity index is 2.29. The lowest BCUT2D eigenvalue weighted by atomic mass is 9.93. The fourth-order valence-electron chi connectivity index (χ4n) is 2.35. The predicted octanol–water partition coefficient (Wildman–Crippen LogP) is 5.13. The maximum absolute atomic E-state index is 6.02. The van der Waals surface area contributed by atoms with Gasteiger partial charge in [-0.15, -0.1) is 0 Å². The van der Waals surface area contributed by atoms with E-state index in [1.165, 1.54) is 50.5 Å². The zero-order valence-corrected chi connectivity index (χ0v) is 12.3. The number of hydrogen-bond acceptors (Lipinski definition) is 1. The predicted molar refractivity (Wildman–Crippen MR) is 81.2 cm³/mol. The van der Waals surface area contributed by atoms with Crippen molar-refractivity contribution in [1.29, 1.82) is 0 Å². The zero-order chi connectivity index (χ0) is 13.2. The summed E-state index contributed by atoms with van der Waals surface area (Å²) in [5, 5.41) is 0.814. The second kappa shape index (κ2) is 9.41. The number of rotatable bonds is 9. The van der Waals surface area contributed by atoms with Gasteiger partial charge in [0.05, 0.1) is 0 Å². The lowest BCUT2D eigenvalue weighted by Crippen LogP contribution is -2.12. The van der Waals surface area contributed by atoms with Crippen LogP contribution < -0.4 is 5.73 Å². The molecule has 18 heavy (non-hydrogen) atoms. The Morgan fingerprint density at radius 1 is 1.11 bits per heavy atom. The van der Waals surface area contributed by atoms with E-state index in [0.717, 1.165) is 11.6 Å². The molecular formula is C16H26ClN. The highest BCUT2D eigenvalue weighted by atomic mass is 35.5. The van der Waals surface area contributed by atoms with Crippen molar-refractivity contribution in [3.05, 3.63) is 34.9 Å². The molecule has 0 spiro atoms. The van der Waals surface area contributed by atoms with E-state index >= 15 is 0 Å². The minimum Gasteiger partial charge on any atom is -0.330 e. The second-order valence-electron chi connectivity index (χ2n) is 5.04. The first kappa shape index (κ1) is 15.5. The van der Waals surface area contributed by atoms with Crippen LogP contribution in [0.25, 0.3) is 0 Å². The van der Waals surface area contributed by atoms with Gasteiger partial charge < -0.3 is 5.73 Å². The van der Waals surface area contributed by atoms with Gasteiger partial charge in [-0.2, -0.15) is 0 Å². The number of hydrogen-bond donors (Lipinski definition) is 1. The molecule has 0 fully saturated rings. The smallest absolute Gasteiger partial charge is 0.0408 e. The van der Waals surface area contributed by atoms with Crippen molar-refractivity contribution in [2.24, 2.45) is 5.73 Å². The van der Waals surface area contributed by atoms with E-state index < -0.39 is 0 Å². The van der Waals surface area contributed by atoms with Gasteiger partial charge in [-0.25, -0.2) is 0 Å². The maximum atomic E-state index is 6.02. The molecule has 0 amide bonds. The van der Waals surface area contributed by atoms with Crippen molar-refractivity contribution in [2.75, 3.05) is 6.54 Å². The Morgan fingerprint density at radius 3 is 2.50 bits per heavy atom. The number of nitrogens with two attached hydrogens (primary N) is 1. The van der Waals surface area contributed by atoms with Crippen LogP contribution in [0.2, 0.25) is 5.02 Å². The fraction of sp³-hybridized carbons (Fsp3) is 0.625. The summed E-state index contributed by atoms with van der Waals surface area (Å²) in [5.41, 5.74) is 7.16. The SMILES string of the molecule is CCCCCCCCC(CN)c1cccc(Cl)c1. The van der Waals surface area contributed by atoms with Crippen LogP contribution in [0.1, 0.15) is 63.4 Å². The first-order valence-electron chi connectivity index (χ1n) is 7.23. The van der Waals surface area contributed by atoms with Crippen molar-refractivity contribution < 1.29 is 0 Å². The van der Waals surface area contributed by atoms with Crippen molar-refractivity contribution in [3.63, 3.8) is 0 Å². The maximum Gasteiger partial charge on any atom is 0.0408 e. The minimum absolute atomic E-state index is 0.467. The van der Waals surface area contributed by atoms with Gasteiger partial charge in [-0.1, -0.05) is 69.2 Å². The Labute approximate surface area is 117 Å². The summed E-state index contributed by atoms with van der Waals surface area (Å²) < 4.78 is 0. The summed E-state index contributed by atoms with van der Waals surface area (Å²) in [7, 11) is 0. The molecule has 0 saturated carbocycles. The molecule has 0 aliphatic rings. The van der Waals surface area contributed by atoms with E-state index in [9.17, 15) is 0 Å². The van der Waals surface area contributed by atoms with E-state index in [1.54, 1.807) is 0 Å². The summed E-state index contributed by atoms with van der Waals surface area (Å²) in [6, 6.07) is 8.13. The van der Waals surface area contributed by atoms with Crippen LogP contribution in [0.4, 0.5) is 0 Å². The van der Waals surface area contributed by atoms with Gasteiger partial charge in [-0.3, -0.25) is 0 Å². The second-order valence-corrected chi connectivity index (χ2v) is 5.48. The van der Waals surface area contributed by atoms with Crippen molar-refractivity contribution in [1.82, 2.24) is 0 Å². The normalized spacial score (nSPS) is 12.6. The molecular weight excluding hydrogens is 242 g/mol. The molecule has 0 saturated heterocycles. The van der Waals surface area contributed by atoms with E-state index in [2.05, 4.69) is 19.1 Å². The average molecular weight is 268 g/mol. The third-order valence-electron chi connectivity index (χ3n) is 3.51. The van der Waals surface area contributed by atoms with Gasteiger partial charge in [0.25, 0.3) is 0 Å². The summed E-state index contributed by atoms with van der Waals surface area (Å²) in [6.45, 7) is 2.97. The third kappa shape index (κ3) is 5.88. The molecule has 1 atom stereocenters. The lowest BCUT2D eigenvalue weighted by Gasteiger charge is -2.15. The van der Waals surface area contributed by atoms with Crippen LogP contribution in [0.3, 0.4) is 0 Å². The van der Waals surface area contributed by atoms with E-state index in [0.29, 0.717) is 5.92 Å². The van der Waals surface area contributed by atoms with Gasteiger partial charge in [0.15, 0.2) is 0 Å². The molecule has 0 bridgehead atoms. The first-order chi connectivity index (χ1) is 8.77. The van der Waals surface area contributed by atoms with Crippen molar-refractivity contribution in [2.45, 2.75) is 57.8 Å². The van der Waals surface area contributed by atoms with Gasteiger partial charge in [0.2, 0.25) is 0 Å². The Bertz CT molecular complexity index is 325. The van der Waals surface area contributed by atoms with Crippen LogP contribution in [0.5, 0.6) is 0 Å². The molecule has 1 rings (SSSR count). The molecule has 1 aromatic carbocycles. The van der Waals surface area contributed by atoms with Crippen LogP contribution in [-0.4, -0.2) is 6.54 Å². The monoisotopic (exact) mass is 267 g/mol. The van der Waals surface area contributed by atoms with E-state index in [1.807, 2.05) is 12.1 Å². The number of halogens is 1. The molecule has 0 heterocycles. The molecule has 1 unspecified atom stereocenters. The number of benzene rings is 1. The molecule has 0 radical (unpaired) electrons. The summed E-state index contributed by atoms with van der Waals surface area (Å²) >= 11 is 6.02. The number of unbranched alkanes of at least 4 members (excludes halogenated alkanes) is 5. The highest BCUT2D eigenvalue weighted by Gasteiger charge is 2.09. The average Bonchev–Trinajstić information content (AvgIpc) is 2.38. The first-order valence-corrected chi connectivity index (χ1v) is 7.61. The lowest BCUT2D eigenvalue weighted by molar-refractivity contribution is 0.542. The summed E-state index contributed by atoms with van der Waals surface area (Å²) in [4.78, 5) is 0. The standard InChI is InChI=1S/C16H26ClN/c1-2-3-4-5-6-7-9-15(13-18)14-10-8-11-16(17)12-14/h8,10-12,15H,2-7,9,13,18H2,1H3. The zero-order valence-electron chi connectivity index (χ0n) is 11.5. The summed E-state index contributed by atoms with van der Waals surface area (Å²) in [6.07, 6.45) is 9.21. The molecule has 0 aliphatic heterocycles. The fourth-order valence-corrected chi connectivity index (χ4v) is 2.55. The van der Waals surface area contributed by atoms with Gasteiger partial charge in [0, 0.05) is 5.02 Å². The Hall–Kier alpha value is -0.530. The van der Waals surface area contributed by atoms with Crippen molar-refractivity contribution >= 4 is 11.6 Å². The van der Waals surface area contributed by atoms with Crippen LogP contribution >= 0.6 is 11.6 Å². The van der Waals surface area contributed by atoms with Crippen molar-refractivity contribution in [3.8, 4) is 0 Å². The molecule has 0 aliphatic carbocycles. The topological polar surface area (TPSA) is 26.0 Å². The minimum atomic E-state index is 0.467. The molecule has 2 heteroatoms. The van der Waals surface area contributed by atoms with Crippen LogP contribution in [0, 0.1) is 0 Å². The van der Waals surface area contributed by atoms with Gasteiger partial charge in [0.1, 0.15) is 0 Å². The summed E-state index contributed by atoms with van der Waals surface area (Å²) in [5.74, 6) is 0.467. The Morgan fingerprint density at radius 2 is 1.83 bits per heavy atom. The third-order valence-corrected chi connectivity index (χ3v) is 3.75. The molecule has 1 nitrogen and oxygen atoms in total. The highest BCUT2D eigenvalue weighted by Crippen LogP contribution is 2.24. The molecule has 1 aromatic rings. The van der Waals surface area contributed by atoms with E-state index in [4.69, 9.17) is 17.3 Å². The van der Waals surface area contributed by atoms with Gasteiger partial charge in [-0.05, 0) is 36.6 Å². The van der Waals surface area contributed by atoms with Crippen LogP contribution in [-0.2, 0) is 0 Å². The molecule has 0 aromatic heterocycles. The Kier molecular flexibility index (Phi) is 8.11. The van der Waals surface area contributed by atoms with Crippen LogP contribution in [0.15, 0.2) is 24.3 Å². The highest BCUT2D eigenvalue weighted by molar-refractivity contribution is 6.30. The van der Waals surface area contributed by atoms with Gasteiger partial charge >= 0.3 is 0 Å². The molecule has 2 N–H and O–H groups in total. The molecule has 102 valence electrons.